The molecule has 7 heteroatoms. The van der Waals surface area contributed by atoms with E-state index in [1.165, 1.54) is 13.3 Å². The summed E-state index contributed by atoms with van der Waals surface area (Å²) in [5, 5.41) is 3.63. The fourth-order valence-electron chi connectivity index (χ4n) is 3.87. The molecule has 0 unspecified atom stereocenters. The van der Waals surface area contributed by atoms with Crippen molar-refractivity contribution in [2.24, 2.45) is 0 Å². The first kappa shape index (κ1) is 19.8. The van der Waals surface area contributed by atoms with Crippen molar-refractivity contribution in [3.8, 4) is 5.75 Å². The van der Waals surface area contributed by atoms with Crippen LogP contribution in [0.4, 0.5) is 11.5 Å². The Kier molecular flexibility index (Phi) is 5.81. The summed E-state index contributed by atoms with van der Waals surface area (Å²) in [4.78, 5) is 20.2. The van der Waals surface area contributed by atoms with Gasteiger partial charge in [-0.05, 0) is 37.1 Å². The Balaban J connectivity index is 1.37. The number of halogens is 1. The molecule has 0 aliphatic carbocycles. The maximum atomic E-state index is 11.2. The van der Waals surface area contributed by atoms with E-state index in [1.54, 1.807) is 0 Å². The molecule has 2 atom stereocenters. The standard InChI is InChI=1S/C22H27ClN4O2/c1-15(25-16(2)28)17-4-6-18(7-5-17)29-19-9-13-27(14-19)20-8-10-24-22(21(20)23)26-11-3-12-26/h4-8,10,15,19H,3,9,11-14H2,1-2H3,(H,25,28)/t15-,19+/m0/s1. The normalized spacial score (nSPS) is 19.6. The molecule has 4 rings (SSSR count). The zero-order valence-electron chi connectivity index (χ0n) is 16.9. The second-order valence-corrected chi connectivity index (χ2v) is 8.15. The fourth-order valence-corrected chi connectivity index (χ4v) is 4.23. The Bertz CT molecular complexity index is 870. The molecule has 2 fully saturated rings. The van der Waals surface area contributed by atoms with Crippen LogP contribution >= 0.6 is 11.6 Å². The van der Waals surface area contributed by atoms with Crippen molar-refractivity contribution in [2.75, 3.05) is 36.0 Å². The van der Waals surface area contributed by atoms with Crippen LogP contribution < -0.4 is 19.9 Å². The topological polar surface area (TPSA) is 57.7 Å². The first-order valence-electron chi connectivity index (χ1n) is 10.2. The summed E-state index contributed by atoms with van der Waals surface area (Å²) in [5.74, 6) is 1.71. The van der Waals surface area contributed by atoms with Crippen LogP contribution in [0.1, 0.15) is 38.3 Å². The van der Waals surface area contributed by atoms with Crippen molar-refractivity contribution in [1.29, 1.82) is 0 Å². The lowest BCUT2D eigenvalue weighted by molar-refractivity contribution is -0.119. The molecule has 1 aromatic carbocycles. The zero-order chi connectivity index (χ0) is 20.4. The molecular formula is C22H27ClN4O2. The van der Waals surface area contributed by atoms with E-state index in [0.29, 0.717) is 0 Å². The van der Waals surface area contributed by atoms with Crippen LogP contribution in [0.25, 0.3) is 0 Å². The number of carbonyl (C=O) groups is 1. The van der Waals surface area contributed by atoms with Crippen LogP contribution in [-0.2, 0) is 4.79 Å². The van der Waals surface area contributed by atoms with Gasteiger partial charge in [0.2, 0.25) is 5.91 Å². The highest BCUT2D eigenvalue weighted by atomic mass is 35.5. The van der Waals surface area contributed by atoms with Crippen molar-refractivity contribution < 1.29 is 9.53 Å². The van der Waals surface area contributed by atoms with Gasteiger partial charge >= 0.3 is 0 Å². The number of nitrogens with one attached hydrogen (secondary N) is 1. The van der Waals surface area contributed by atoms with E-state index in [1.807, 2.05) is 43.5 Å². The minimum Gasteiger partial charge on any atom is -0.489 e. The predicted molar refractivity (Wildman–Crippen MR) is 116 cm³/mol. The Morgan fingerprint density at radius 3 is 2.62 bits per heavy atom. The number of carbonyl (C=O) groups excluding carboxylic acids is 1. The predicted octanol–water partition coefficient (Wildman–Crippen LogP) is 3.80. The van der Waals surface area contributed by atoms with Crippen molar-refractivity contribution >= 4 is 29.0 Å². The Hall–Kier alpha value is -2.47. The molecule has 6 nitrogen and oxygen atoms in total. The molecule has 2 aliphatic rings. The van der Waals surface area contributed by atoms with E-state index < -0.39 is 0 Å². The van der Waals surface area contributed by atoms with Gasteiger partial charge in [0.05, 0.1) is 18.3 Å². The summed E-state index contributed by atoms with van der Waals surface area (Å²) in [5.41, 5.74) is 2.09. The Morgan fingerprint density at radius 2 is 1.97 bits per heavy atom. The monoisotopic (exact) mass is 414 g/mol. The minimum absolute atomic E-state index is 0.0158. The maximum absolute atomic E-state index is 11.2. The number of anilines is 2. The van der Waals surface area contributed by atoms with Gasteiger partial charge in [-0.1, -0.05) is 23.7 Å². The van der Waals surface area contributed by atoms with Crippen LogP contribution in [0, 0.1) is 0 Å². The molecule has 0 spiro atoms. The number of pyridine rings is 1. The molecule has 0 radical (unpaired) electrons. The van der Waals surface area contributed by atoms with E-state index in [0.717, 1.165) is 60.4 Å². The van der Waals surface area contributed by atoms with Crippen LogP contribution in [0.5, 0.6) is 5.75 Å². The first-order chi connectivity index (χ1) is 14.0. The van der Waals surface area contributed by atoms with Gasteiger partial charge in [0.1, 0.15) is 22.7 Å². The number of amides is 1. The summed E-state index contributed by atoms with van der Waals surface area (Å²) >= 11 is 6.67. The second kappa shape index (κ2) is 8.49. The van der Waals surface area contributed by atoms with E-state index in [2.05, 4.69) is 20.1 Å². The van der Waals surface area contributed by atoms with E-state index in [4.69, 9.17) is 16.3 Å². The van der Waals surface area contributed by atoms with Gasteiger partial charge in [-0.15, -0.1) is 0 Å². The number of aromatic nitrogens is 1. The van der Waals surface area contributed by atoms with E-state index >= 15 is 0 Å². The summed E-state index contributed by atoms with van der Waals surface area (Å²) in [6, 6.07) is 9.92. The average molecular weight is 415 g/mol. The van der Waals surface area contributed by atoms with E-state index in [9.17, 15) is 4.79 Å². The zero-order valence-corrected chi connectivity index (χ0v) is 17.7. The van der Waals surface area contributed by atoms with Crippen molar-refractivity contribution in [2.45, 2.75) is 38.8 Å². The summed E-state index contributed by atoms with van der Waals surface area (Å²) in [6.07, 6.45) is 4.11. The van der Waals surface area contributed by atoms with Gasteiger partial charge in [-0.3, -0.25) is 4.79 Å². The third-order valence-electron chi connectivity index (χ3n) is 5.59. The first-order valence-corrected chi connectivity index (χ1v) is 10.6. The van der Waals surface area contributed by atoms with Crippen molar-refractivity contribution in [3.05, 3.63) is 47.1 Å². The lowest BCUT2D eigenvalue weighted by atomic mass is 10.1. The number of rotatable bonds is 6. The number of ether oxygens (including phenoxy) is 1. The van der Waals surface area contributed by atoms with Crippen LogP contribution in [0.15, 0.2) is 36.5 Å². The number of nitrogens with zero attached hydrogens (tertiary/aromatic N) is 3. The largest absolute Gasteiger partial charge is 0.489 e. The highest BCUT2D eigenvalue weighted by Gasteiger charge is 2.28. The lowest BCUT2D eigenvalue weighted by Gasteiger charge is -2.33. The molecule has 29 heavy (non-hydrogen) atoms. The Morgan fingerprint density at radius 1 is 1.21 bits per heavy atom. The maximum Gasteiger partial charge on any atom is 0.217 e. The number of benzene rings is 1. The molecule has 1 amide bonds. The van der Waals surface area contributed by atoms with E-state index in [-0.39, 0.29) is 18.1 Å². The number of hydrogen-bond acceptors (Lipinski definition) is 5. The van der Waals surface area contributed by atoms with Gasteiger partial charge in [-0.2, -0.15) is 0 Å². The molecule has 1 aromatic heterocycles. The third-order valence-corrected chi connectivity index (χ3v) is 5.96. The molecule has 0 saturated carbocycles. The lowest BCUT2D eigenvalue weighted by Crippen LogP contribution is -2.38. The molecule has 2 aliphatic heterocycles. The Labute approximate surface area is 176 Å². The highest BCUT2D eigenvalue weighted by Crippen LogP contribution is 2.36. The van der Waals surface area contributed by atoms with Gasteiger partial charge in [0, 0.05) is 39.2 Å². The smallest absolute Gasteiger partial charge is 0.217 e. The highest BCUT2D eigenvalue weighted by molar-refractivity contribution is 6.35. The molecule has 154 valence electrons. The average Bonchev–Trinajstić information content (AvgIpc) is 3.10. The quantitative estimate of drug-likeness (QED) is 0.779. The summed E-state index contributed by atoms with van der Waals surface area (Å²) in [6.45, 7) is 7.26. The second-order valence-electron chi connectivity index (χ2n) is 7.77. The molecule has 1 N–H and O–H groups in total. The van der Waals surface area contributed by atoms with Crippen molar-refractivity contribution in [1.82, 2.24) is 10.3 Å². The van der Waals surface area contributed by atoms with Gasteiger partial charge in [0.25, 0.3) is 0 Å². The molecule has 2 saturated heterocycles. The molecule has 2 aromatic rings. The van der Waals surface area contributed by atoms with Gasteiger partial charge < -0.3 is 19.9 Å². The van der Waals surface area contributed by atoms with Gasteiger partial charge in [-0.25, -0.2) is 4.98 Å². The van der Waals surface area contributed by atoms with Crippen LogP contribution in [0.2, 0.25) is 5.02 Å². The van der Waals surface area contributed by atoms with Crippen LogP contribution in [-0.4, -0.2) is 43.2 Å². The third kappa shape index (κ3) is 4.42. The van der Waals surface area contributed by atoms with Crippen LogP contribution in [0.3, 0.4) is 0 Å². The molecular weight excluding hydrogens is 388 g/mol. The minimum atomic E-state index is -0.0316. The van der Waals surface area contributed by atoms with Crippen molar-refractivity contribution in [3.63, 3.8) is 0 Å². The molecule has 0 bridgehead atoms. The fraction of sp³-hybridized carbons (Fsp3) is 0.455. The summed E-state index contributed by atoms with van der Waals surface area (Å²) in [7, 11) is 0. The van der Waals surface area contributed by atoms with Gasteiger partial charge in [0.15, 0.2) is 0 Å². The molecule has 3 heterocycles. The SMILES string of the molecule is CC(=O)N[C@@H](C)c1ccc(O[C@@H]2CCN(c3ccnc(N4CCC4)c3Cl)C2)cc1. The summed E-state index contributed by atoms with van der Waals surface area (Å²) < 4.78 is 6.19. The number of hydrogen-bond donors (Lipinski definition) is 1.